The number of ether oxygens (including phenoxy) is 1. The molecule has 0 radical (unpaired) electrons. The Balaban J connectivity index is 0.000000132. The van der Waals surface area contributed by atoms with Crippen LogP contribution in [0.3, 0.4) is 0 Å². The number of hydrogen-bond acceptors (Lipinski definition) is 5. The Morgan fingerprint density at radius 1 is 1.46 bits per heavy atom. The molecule has 0 spiro atoms. The molecule has 0 bridgehead atoms. The maximum atomic E-state index is 9.82. The minimum atomic E-state index is -0.333. The Morgan fingerprint density at radius 3 is 2.46 bits per heavy atom. The van der Waals surface area contributed by atoms with Gasteiger partial charge in [-0.15, -0.1) is 0 Å². The summed E-state index contributed by atoms with van der Waals surface area (Å²) in [6.45, 7) is 1.45. The van der Waals surface area contributed by atoms with Crippen LogP contribution in [0.2, 0.25) is 0 Å². The molecule has 0 amide bonds. The normalized spacial score (nSPS) is 20.2. The van der Waals surface area contributed by atoms with Crippen molar-refractivity contribution in [3.8, 4) is 0 Å². The molecule has 5 nitrogen and oxygen atoms in total. The number of hydrogen-bond donors (Lipinski definition) is 1. The average molecular weight is 181 g/mol. The summed E-state index contributed by atoms with van der Waals surface area (Å²) >= 11 is 0. The van der Waals surface area contributed by atoms with Gasteiger partial charge in [0, 0.05) is 18.9 Å². The number of nitrogens with one attached hydrogen (secondary N) is 1. The van der Waals surface area contributed by atoms with E-state index in [1.165, 1.54) is 6.33 Å². The summed E-state index contributed by atoms with van der Waals surface area (Å²) in [5, 5.41) is 2.82. The van der Waals surface area contributed by atoms with Crippen LogP contribution < -0.4 is 5.32 Å². The van der Waals surface area contributed by atoms with Gasteiger partial charge >= 0.3 is 0 Å². The van der Waals surface area contributed by atoms with Crippen molar-refractivity contribution in [2.45, 2.75) is 6.23 Å². The number of carbonyl (C=O) groups is 1. The van der Waals surface area contributed by atoms with Crippen LogP contribution in [0.5, 0.6) is 0 Å². The Hall–Kier alpha value is -1.33. The second-order valence-corrected chi connectivity index (χ2v) is 2.29. The van der Waals surface area contributed by atoms with Gasteiger partial charge in [-0.1, -0.05) is 0 Å². The highest BCUT2D eigenvalue weighted by molar-refractivity contribution is 5.55. The summed E-state index contributed by atoms with van der Waals surface area (Å²) in [6.07, 6.45) is 5.30. The van der Waals surface area contributed by atoms with Gasteiger partial charge < -0.3 is 4.74 Å². The van der Waals surface area contributed by atoms with Crippen molar-refractivity contribution in [1.82, 2.24) is 15.3 Å². The molecular weight excluding hydrogens is 170 g/mol. The lowest BCUT2D eigenvalue weighted by molar-refractivity contribution is -0.116. The third-order valence-electron chi connectivity index (χ3n) is 1.35. The molecule has 0 saturated carbocycles. The van der Waals surface area contributed by atoms with Crippen LogP contribution in [0, 0.1) is 0 Å². The molecule has 5 heteroatoms. The summed E-state index contributed by atoms with van der Waals surface area (Å²) < 4.78 is 4.82. The Labute approximate surface area is 76.2 Å². The topological polar surface area (TPSA) is 64.1 Å². The molecule has 2 rings (SSSR count). The molecule has 1 unspecified atom stereocenters. The third-order valence-corrected chi connectivity index (χ3v) is 1.35. The first kappa shape index (κ1) is 9.76. The van der Waals surface area contributed by atoms with Crippen LogP contribution >= 0.6 is 0 Å². The molecule has 0 aromatic carbocycles. The monoisotopic (exact) mass is 181 g/mol. The molecule has 70 valence electrons. The minimum Gasteiger partial charge on any atom is -0.355 e. The Morgan fingerprint density at radius 2 is 2.23 bits per heavy atom. The van der Waals surface area contributed by atoms with E-state index in [4.69, 9.17) is 4.74 Å². The highest BCUT2D eigenvalue weighted by Gasteiger charge is 2.10. The SMILES string of the molecule is O=CC1NCCO1.c1cncnc1. The van der Waals surface area contributed by atoms with Crippen LogP contribution in [0.15, 0.2) is 24.8 Å². The van der Waals surface area contributed by atoms with E-state index < -0.39 is 0 Å². The predicted molar refractivity (Wildman–Crippen MR) is 45.8 cm³/mol. The summed E-state index contributed by atoms with van der Waals surface area (Å²) in [5.41, 5.74) is 0. The average Bonchev–Trinajstić information content (AvgIpc) is 2.74. The number of aldehydes is 1. The lowest BCUT2D eigenvalue weighted by Gasteiger charge is -1.94. The quantitative estimate of drug-likeness (QED) is 0.598. The van der Waals surface area contributed by atoms with E-state index in [0.29, 0.717) is 6.61 Å². The van der Waals surface area contributed by atoms with Crippen LogP contribution in [0.1, 0.15) is 0 Å². The van der Waals surface area contributed by atoms with E-state index >= 15 is 0 Å². The van der Waals surface area contributed by atoms with E-state index in [9.17, 15) is 4.79 Å². The standard InChI is InChI=1S/C4H4N2.C4H7NO2/c1-2-5-4-6-3-1;6-3-4-5-1-2-7-4/h1-4H;3-5H,1-2H2. The highest BCUT2D eigenvalue weighted by atomic mass is 16.5. The molecule has 1 saturated heterocycles. The van der Waals surface area contributed by atoms with Gasteiger partial charge in [-0.05, 0) is 6.07 Å². The van der Waals surface area contributed by atoms with E-state index in [1.54, 1.807) is 18.5 Å². The van der Waals surface area contributed by atoms with Crippen molar-refractivity contribution in [3.05, 3.63) is 24.8 Å². The molecule has 1 fully saturated rings. The zero-order valence-corrected chi connectivity index (χ0v) is 7.09. The van der Waals surface area contributed by atoms with Gasteiger partial charge in [0.2, 0.25) is 0 Å². The minimum absolute atomic E-state index is 0.333. The Kier molecular flexibility index (Phi) is 4.66. The van der Waals surface area contributed by atoms with Gasteiger partial charge in [0.25, 0.3) is 0 Å². The van der Waals surface area contributed by atoms with E-state index in [1.807, 2.05) is 0 Å². The summed E-state index contributed by atoms with van der Waals surface area (Å²) in [5.74, 6) is 0. The largest absolute Gasteiger partial charge is 0.355 e. The summed E-state index contributed by atoms with van der Waals surface area (Å²) in [7, 11) is 0. The fraction of sp³-hybridized carbons (Fsp3) is 0.375. The maximum absolute atomic E-state index is 9.82. The van der Waals surface area contributed by atoms with Crippen molar-refractivity contribution >= 4 is 6.29 Å². The van der Waals surface area contributed by atoms with Crippen molar-refractivity contribution in [3.63, 3.8) is 0 Å². The molecule has 0 aliphatic carbocycles. The van der Waals surface area contributed by atoms with Crippen molar-refractivity contribution in [2.24, 2.45) is 0 Å². The van der Waals surface area contributed by atoms with Gasteiger partial charge in [0.05, 0.1) is 6.61 Å². The second kappa shape index (κ2) is 6.22. The number of nitrogens with zero attached hydrogens (tertiary/aromatic N) is 2. The van der Waals surface area contributed by atoms with E-state index in [2.05, 4.69) is 15.3 Å². The molecule has 1 N–H and O–H groups in total. The van der Waals surface area contributed by atoms with Gasteiger partial charge in [-0.3, -0.25) is 10.1 Å². The van der Waals surface area contributed by atoms with Gasteiger partial charge in [-0.2, -0.15) is 0 Å². The number of carbonyl (C=O) groups excluding carboxylic acids is 1. The smallest absolute Gasteiger partial charge is 0.164 e. The zero-order valence-electron chi connectivity index (χ0n) is 7.09. The van der Waals surface area contributed by atoms with Crippen molar-refractivity contribution in [2.75, 3.05) is 13.2 Å². The van der Waals surface area contributed by atoms with E-state index in [-0.39, 0.29) is 6.23 Å². The summed E-state index contributed by atoms with van der Waals surface area (Å²) in [4.78, 5) is 17.2. The molecule has 1 aromatic heterocycles. The molecule has 1 aromatic rings. The second-order valence-electron chi connectivity index (χ2n) is 2.29. The molecule has 13 heavy (non-hydrogen) atoms. The first-order valence-electron chi connectivity index (χ1n) is 3.94. The first-order chi connectivity index (χ1) is 6.43. The van der Waals surface area contributed by atoms with Crippen LogP contribution in [-0.2, 0) is 9.53 Å². The van der Waals surface area contributed by atoms with Crippen molar-refractivity contribution < 1.29 is 9.53 Å². The molecule has 2 heterocycles. The first-order valence-corrected chi connectivity index (χ1v) is 3.94. The molecular formula is C8H11N3O2. The predicted octanol–water partition coefficient (Wildman–Crippen LogP) is -0.392. The number of rotatable bonds is 1. The Bertz CT molecular complexity index is 197. The molecule has 1 atom stereocenters. The third kappa shape index (κ3) is 4.29. The zero-order chi connectivity index (χ0) is 9.36. The van der Waals surface area contributed by atoms with Gasteiger partial charge in [-0.25, -0.2) is 9.97 Å². The van der Waals surface area contributed by atoms with Crippen molar-refractivity contribution in [1.29, 1.82) is 0 Å². The lowest BCUT2D eigenvalue weighted by Crippen LogP contribution is -2.23. The lowest BCUT2D eigenvalue weighted by atomic mass is 10.6. The van der Waals surface area contributed by atoms with E-state index in [0.717, 1.165) is 12.8 Å². The van der Waals surface area contributed by atoms with Gasteiger partial charge in [0.15, 0.2) is 12.5 Å². The fourth-order valence-electron chi connectivity index (χ4n) is 0.787. The molecule has 1 aliphatic rings. The number of aromatic nitrogens is 2. The highest BCUT2D eigenvalue weighted by Crippen LogP contribution is 1.88. The summed E-state index contributed by atoms with van der Waals surface area (Å²) in [6, 6.07) is 1.78. The fourth-order valence-corrected chi connectivity index (χ4v) is 0.787. The van der Waals surface area contributed by atoms with Crippen LogP contribution in [0.4, 0.5) is 0 Å². The van der Waals surface area contributed by atoms with Crippen LogP contribution in [0.25, 0.3) is 0 Å². The molecule has 1 aliphatic heterocycles. The van der Waals surface area contributed by atoms with Crippen LogP contribution in [-0.4, -0.2) is 35.6 Å². The maximum Gasteiger partial charge on any atom is 0.164 e. The van der Waals surface area contributed by atoms with Gasteiger partial charge in [0.1, 0.15) is 6.33 Å².